The van der Waals surface area contributed by atoms with Gasteiger partial charge in [0.2, 0.25) is 5.91 Å². The predicted molar refractivity (Wildman–Crippen MR) is 114 cm³/mol. The first-order valence-corrected chi connectivity index (χ1v) is 10.5. The van der Waals surface area contributed by atoms with Gasteiger partial charge in [-0.1, -0.05) is 42.8 Å². The quantitative estimate of drug-likeness (QED) is 0.657. The van der Waals surface area contributed by atoms with Crippen LogP contribution in [0.1, 0.15) is 30.9 Å². The van der Waals surface area contributed by atoms with Gasteiger partial charge in [0.1, 0.15) is 5.75 Å². The SMILES string of the molecule is CCCN(CCC(=O)N1CCc2ccccc2C1)C(=O)COc1ccc(Cl)cc1. The molecule has 29 heavy (non-hydrogen) atoms. The summed E-state index contributed by atoms with van der Waals surface area (Å²) in [4.78, 5) is 28.9. The number of hydrogen-bond acceptors (Lipinski definition) is 3. The van der Waals surface area contributed by atoms with Gasteiger partial charge in [-0.3, -0.25) is 9.59 Å². The van der Waals surface area contributed by atoms with Crippen LogP contribution in [0.25, 0.3) is 0 Å². The number of halogens is 1. The van der Waals surface area contributed by atoms with Gasteiger partial charge in [-0.25, -0.2) is 0 Å². The molecule has 3 rings (SSSR count). The lowest BCUT2D eigenvalue weighted by Gasteiger charge is -2.30. The zero-order valence-electron chi connectivity index (χ0n) is 16.8. The average Bonchev–Trinajstić information content (AvgIpc) is 2.75. The second kappa shape index (κ2) is 10.3. The maximum atomic E-state index is 12.7. The van der Waals surface area contributed by atoms with Crippen molar-refractivity contribution in [3.05, 3.63) is 64.7 Å². The molecule has 6 heteroatoms. The molecule has 2 amide bonds. The Balaban J connectivity index is 1.50. The predicted octanol–water partition coefficient (Wildman–Crippen LogP) is 3.93. The first-order valence-electron chi connectivity index (χ1n) is 10.1. The molecule has 0 N–H and O–H groups in total. The number of ether oxygens (including phenoxy) is 1. The van der Waals surface area contributed by atoms with Crippen molar-refractivity contribution in [2.24, 2.45) is 0 Å². The van der Waals surface area contributed by atoms with Crippen molar-refractivity contribution in [1.82, 2.24) is 9.80 Å². The molecule has 1 aliphatic heterocycles. The molecular weight excluding hydrogens is 388 g/mol. The maximum absolute atomic E-state index is 12.7. The van der Waals surface area contributed by atoms with Crippen molar-refractivity contribution >= 4 is 23.4 Å². The number of carbonyl (C=O) groups is 2. The fourth-order valence-electron chi connectivity index (χ4n) is 3.50. The number of hydrogen-bond donors (Lipinski definition) is 0. The molecule has 0 fully saturated rings. The third kappa shape index (κ3) is 5.97. The zero-order chi connectivity index (χ0) is 20.6. The van der Waals surface area contributed by atoms with E-state index >= 15 is 0 Å². The van der Waals surface area contributed by atoms with Gasteiger partial charge < -0.3 is 14.5 Å². The molecule has 0 radical (unpaired) electrons. The molecule has 2 aromatic carbocycles. The third-order valence-corrected chi connectivity index (χ3v) is 5.35. The normalized spacial score (nSPS) is 13.0. The Labute approximate surface area is 177 Å². The molecule has 5 nitrogen and oxygen atoms in total. The van der Waals surface area contributed by atoms with Crippen LogP contribution >= 0.6 is 11.6 Å². The number of benzene rings is 2. The van der Waals surface area contributed by atoms with Crippen LogP contribution in [0, 0.1) is 0 Å². The third-order valence-electron chi connectivity index (χ3n) is 5.10. The van der Waals surface area contributed by atoms with Crippen LogP contribution in [0.3, 0.4) is 0 Å². The first-order chi connectivity index (χ1) is 14.1. The van der Waals surface area contributed by atoms with E-state index in [1.165, 1.54) is 11.1 Å². The minimum Gasteiger partial charge on any atom is -0.484 e. The van der Waals surface area contributed by atoms with Gasteiger partial charge in [0.15, 0.2) is 6.61 Å². The van der Waals surface area contributed by atoms with Gasteiger partial charge in [-0.2, -0.15) is 0 Å². The summed E-state index contributed by atoms with van der Waals surface area (Å²) in [5, 5.41) is 0.620. The smallest absolute Gasteiger partial charge is 0.260 e. The van der Waals surface area contributed by atoms with Crippen LogP contribution in [-0.4, -0.2) is 47.9 Å². The standard InChI is InChI=1S/C23H27ClN2O3/c1-2-13-25(23(28)17-29-21-9-7-20(24)8-10-21)15-12-22(27)26-14-11-18-5-3-4-6-19(18)16-26/h3-10H,2,11-17H2,1H3. The second-order valence-electron chi connectivity index (χ2n) is 7.21. The van der Waals surface area contributed by atoms with Crippen LogP contribution in [-0.2, 0) is 22.6 Å². The monoisotopic (exact) mass is 414 g/mol. The first kappa shape index (κ1) is 21.2. The van der Waals surface area contributed by atoms with Crippen molar-refractivity contribution < 1.29 is 14.3 Å². The molecule has 0 saturated heterocycles. The van der Waals surface area contributed by atoms with Crippen LogP contribution in [0.5, 0.6) is 5.75 Å². The van der Waals surface area contributed by atoms with E-state index in [0.717, 1.165) is 19.4 Å². The summed E-state index contributed by atoms with van der Waals surface area (Å²) in [7, 11) is 0. The molecule has 0 aromatic heterocycles. The molecule has 0 spiro atoms. The highest BCUT2D eigenvalue weighted by Gasteiger charge is 2.22. The summed E-state index contributed by atoms with van der Waals surface area (Å²) >= 11 is 5.86. The lowest BCUT2D eigenvalue weighted by molar-refractivity contribution is -0.136. The van der Waals surface area contributed by atoms with E-state index in [9.17, 15) is 9.59 Å². The van der Waals surface area contributed by atoms with Gasteiger partial charge in [-0.15, -0.1) is 0 Å². The molecule has 1 aliphatic rings. The van der Waals surface area contributed by atoms with Gasteiger partial charge in [0, 0.05) is 37.6 Å². The molecular formula is C23H27ClN2O3. The van der Waals surface area contributed by atoms with E-state index in [1.807, 2.05) is 24.0 Å². The van der Waals surface area contributed by atoms with Crippen LogP contribution in [0.2, 0.25) is 5.02 Å². The molecule has 0 atom stereocenters. The highest BCUT2D eigenvalue weighted by molar-refractivity contribution is 6.30. The van der Waals surface area contributed by atoms with Crippen molar-refractivity contribution in [3.8, 4) is 5.75 Å². The second-order valence-corrected chi connectivity index (χ2v) is 7.64. The summed E-state index contributed by atoms with van der Waals surface area (Å²) in [6.07, 6.45) is 2.04. The Hall–Kier alpha value is -2.53. The van der Waals surface area contributed by atoms with Crippen LogP contribution in [0.15, 0.2) is 48.5 Å². The average molecular weight is 415 g/mol. The van der Waals surface area contributed by atoms with Gasteiger partial charge in [-0.05, 0) is 48.2 Å². The maximum Gasteiger partial charge on any atom is 0.260 e. The van der Waals surface area contributed by atoms with Crippen molar-refractivity contribution in [2.45, 2.75) is 32.7 Å². The summed E-state index contributed by atoms with van der Waals surface area (Å²) in [6.45, 7) is 4.37. The molecule has 154 valence electrons. The van der Waals surface area contributed by atoms with E-state index < -0.39 is 0 Å². The number of amides is 2. The largest absolute Gasteiger partial charge is 0.484 e. The van der Waals surface area contributed by atoms with Gasteiger partial charge >= 0.3 is 0 Å². The minimum atomic E-state index is -0.112. The van der Waals surface area contributed by atoms with E-state index in [1.54, 1.807) is 29.2 Å². The highest BCUT2D eigenvalue weighted by Crippen LogP contribution is 2.19. The van der Waals surface area contributed by atoms with E-state index in [-0.39, 0.29) is 18.4 Å². The fraction of sp³-hybridized carbons (Fsp3) is 0.391. The van der Waals surface area contributed by atoms with E-state index in [4.69, 9.17) is 16.3 Å². The fourth-order valence-corrected chi connectivity index (χ4v) is 3.62. The van der Waals surface area contributed by atoms with E-state index in [0.29, 0.717) is 36.8 Å². The highest BCUT2D eigenvalue weighted by atomic mass is 35.5. The Morgan fingerprint density at radius 2 is 1.79 bits per heavy atom. The van der Waals surface area contributed by atoms with Crippen molar-refractivity contribution in [1.29, 1.82) is 0 Å². The minimum absolute atomic E-state index is 0.0487. The van der Waals surface area contributed by atoms with Crippen LogP contribution in [0.4, 0.5) is 0 Å². The Morgan fingerprint density at radius 1 is 1.07 bits per heavy atom. The van der Waals surface area contributed by atoms with Crippen molar-refractivity contribution in [2.75, 3.05) is 26.2 Å². The number of nitrogens with zero attached hydrogens (tertiary/aromatic N) is 2. The molecule has 2 aromatic rings. The van der Waals surface area contributed by atoms with E-state index in [2.05, 4.69) is 12.1 Å². The molecule has 1 heterocycles. The Bertz CT molecular complexity index is 838. The molecule has 0 aliphatic carbocycles. The molecule has 0 saturated carbocycles. The summed E-state index contributed by atoms with van der Waals surface area (Å²) in [5.41, 5.74) is 2.53. The summed E-state index contributed by atoms with van der Waals surface area (Å²) in [6, 6.07) is 15.2. The molecule has 0 bridgehead atoms. The van der Waals surface area contributed by atoms with Gasteiger partial charge in [0.05, 0.1) is 0 Å². The molecule has 0 unspecified atom stereocenters. The van der Waals surface area contributed by atoms with Crippen molar-refractivity contribution in [3.63, 3.8) is 0 Å². The lowest BCUT2D eigenvalue weighted by atomic mass is 10.00. The topological polar surface area (TPSA) is 49.9 Å². The Morgan fingerprint density at radius 3 is 2.52 bits per heavy atom. The van der Waals surface area contributed by atoms with Gasteiger partial charge in [0.25, 0.3) is 5.91 Å². The number of rotatable bonds is 8. The number of carbonyl (C=O) groups excluding carboxylic acids is 2. The Kier molecular flexibility index (Phi) is 7.53. The lowest BCUT2D eigenvalue weighted by Crippen LogP contribution is -2.41. The summed E-state index contributed by atoms with van der Waals surface area (Å²) in [5.74, 6) is 0.577. The van der Waals surface area contributed by atoms with Crippen LogP contribution < -0.4 is 4.74 Å². The summed E-state index contributed by atoms with van der Waals surface area (Å²) < 4.78 is 5.57. The number of fused-ring (bicyclic) bond motifs is 1. The zero-order valence-corrected chi connectivity index (χ0v) is 17.5.